The van der Waals surface area contributed by atoms with Gasteiger partial charge in [0.25, 0.3) is 0 Å². The van der Waals surface area contributed by atoms with Gasteiger partial charge in [0.05, 0.1) is 11.8 Å². The fourth-order valence-electron chi connectivity index (χ4n) is 2.03. The first-order valence-electron chi connectivity index (χ1n) is 6.79. The molecule has 21 heavy (non-hydrogen) atoms. The van der Waals surface area contributed by atoms with Gasteiger partial charge in [-0.05, 0) is 61.0 Å². The van der Waals surface area contributed by atoms with Crippen molar-refractivity contribution in [2.75, 3.05) is 11.1 Å². The minimum absolute atomic E-state index is 0.0391. The average molecular weight is 299 g/mol. The Kier molecular flexibility index (Phi) is 3.66. The van der Waals surface area contributed by atoms with Crippen LogP contribution in [0.4, 0.5) is 17.2 Å². The average Bonchev–Trinajstić information content (AvgIpc) is 2.89. The molecule has 0 radical (unpaired) electrons. The highest BCUT2D eigenvalue weighted by molar-refractivity contribution is 7.17. The zero-order chi connectivity index (χ0) is 14.8. The van der Waals surface area contributed by atoms with E-state index in [0.29, 0.717) is 11.6 Å². The minimum Gasteiger partial charge on any atom is -0.473 e. The molecule has 1 aromatic carbocycles. The molecule has 4 nitrogen and oxygen atoms in total. The lowest BCUT2D eigenvalue weighted by Gasteiger charge is -2.13. The smallest absolute Gasteiger partial charge is 0.239 e. The molecule has 0 fully saturated rings. The molecule has 0 unspecified atom stereocenters. The fourth-order valence-corrected chi connectivity index (χ4v) is 2.80. The molecule has 3 rings (SSSR count). The van der Waals surface area contributed by atoms with E-state index in [1.54, 1.807) is 17.4 Å². The summed E-state index contributed by atoms with van der Waals surface area (Å²) >= 11 is 1.73. The van der Waals surface area contributed by atoms with Gasteiger partial charge in [0.15, 0.2) is 0 Å². The molecular weight excluding hydrogens is 282 g/mol. The first kappa shape index (κ1) is 13.7. The van der Waals surface area contributed by atoms with Crippen LogP contribution in [0.3, 0.4) is 0 Å². The van der Waals surface area contributed by atoms with Gasteiger partial charge in [-0.15, -0.1) is 11.3 Å². The highest BCUT2D eigenvalue weighted by Crippen LogP contribution is 2.27. The Labute approximate surface area is 127 Å². The predicted octanol–water partition coefficient (Wildman–Crippen LogP) is 4.41. The molecular formula is C16H17N3OS. The molecule has 108 valence electrons. The number of anilines is 3. The Morgan fingerprint density at radius 1 is 1.19 bits per heavy atom. The van der Waals surface area contributed by atoms with Crippen LogP contribution in [-0.4, -0.2) is 11.1 Å². The molecule has 0 aliphatic rings. The van der Waals surface area contributed by atoms with Crippen molar-refractivity contribution in [1.82, 2.24) is 4.98 Å². The van der Waals surface area contributed by atoms with Crippen molar-refractivity contribution in [2.24, 2.45) is 0 Å². The summed E-state index contributed by atoms with van der Waals surface area (Å²) in [6.45, 7) is 3.90. The summed E-state index contributed by atoms with van der Waals surface area (Å²) in [5, 5.41) is 6.59. The molecule has 0 saturated carbocycles. The first-order valence-corrected chi connectivity index (χ1v) is 7.67. The summed E-state index contributed by atoms with van der Waals surface area (Å²) in [5.41, 5.74) is 7.42. The van der Waals surface area contributed by atoms with Crippen LogP contribution in [0.25, 0.3) is 10.1 Å². The van der Waals surface area contributed by atoms with Crippen LogP contribution in [0, 0.1) is 0 Å². The first-order chi connectivity index (χ1) is 10.1. The molecule has 2 heterocycles. The fraction of sp³-hybridized carbons (Fsp3) is 0.188. The Morgan fingerprint density at radius 3 is 2.86 bits per heavy atom. The number of nitrogens with zero attached hydrogens (tertiary/aromatic N) is 1. The van der Waals surface area contributed by atoms with Gasteiger partial charge >= 0.3 is 0 Å². The maximum atomic E-state index is 5.88. The van der Waals surface area contributed by atoms with Crippen LogP contribution < -0.4 is 15.8 Å². The molecule has 3 aromatic rings. The van der Waals surface area contributed by atoms with Gasteiger partial charge in [-0.2, -0.15) is 4.98 Å². The zero-order valence-corrected chi connectivity index (χ0v) is 12.8. The molecule has 0 saturated heterocycles. The van der Waals surface area contributed by atoms with Gasteiger partial charge in [0.1, 0.15) is 5.82 Å². The van der Waals surface area contributed by atoms with E-state index < -0.39 is 0 Å². The third-order valence-corrected chi connectivity index (χ3v) is 3.86. The van der Waals surface area contributed by atoms with Gasteiger partial charge in [0, 0.05) is 10.4 Å². The molecule has 2 aromatic heterocycles. The lowest BCUT2D eigenvalue weighted by atomic mass is 10.2. The van der Waals surface area contributed by atoms with Gasteiger partial charge < -0.3 is 15.8 Å². The summed E-state index contributed by atoms with van der Waals surface area (Å²) in [4.78, 5) is 4.42. The summed E-state index contributed by atoms with van der Waals surface area (Å²) in [6, 6.07) is 12.0. The summed E-state index contributed by atoms with van der Waals surface area (Å²) in [5.74, 6) is 1.18. The van der Waals surface area contributed by atoms with Crippen molar-refractivity contribution in [3.63, 3.8) is 0 Å². The molecule has 3 N–H and O–H groups in total. The second kappa shape index (κ2) is 5.61. The second-order valence-corrected chi connectivity index (χ2v) is 6.00. The maximum Gasteiger partial charge on any atom is 0.239 e. The third-order valence-electron chi connectivity index (χ3n) is 2.96. The highest BCUT2D eigenvalue weighted by Gasteiger charge is 2.07. The summed E-state index contributed by atoms with van der Waals surface area (Å²) < 4.78 is 6.88. The van der Waals surface area contributed by atoms with Crippen molar-refractivity contribution in [2.45, 2.75) is 20.0 Å². The van der Waals surface area contributed by atoms with Crippen molar-refractivity contribution in [3.8, 4) is 5.88 Å². The second-order valence-electron chi connectivity index (χ2n) is 5.06. The Morgan fingerprint density at radius 2 is 2.05 bits per heavy atom. The monoisotopic (exact) mass is 299 g/mol. The van der Waals surface area contributed by atoms with Crippen molar-refractivity contribution in [3.05, 3.63) is 41.8 Å². The largest absolute Gasteiger partial charge is 0.473 e. The highest BCUT2D eigenvalue weighted by atomic mass is 32.1. The van der Waals surface area contributed by atoms with Crippen LogP contribution >= 0.6 is 11.3 Å². The summed E-state index contributed by atoms with van der Waals surface area (Å²) in [6.07, 6.45) is 0.0391. The van der Waals surface area contributed by atoms with Gasteiger partial charge in [0.2, 0.25) is 5.88 Å². The van der Waals surface area contributed by atoms with Crippen LogP contribution in [0.5, 0.6) is 5.88 Å². The number of ether oxygens (including phenoxy) is 1. The molecule has 0 spiro atoms. The number of aromatic nitrogens is 1. The number of nitrogen functional groups attached to an aromatic ring is 1. The Hall–Kier alpha value is -2.27. The van der Waals surface area contributed by atoms with Gasteiger partial charge in [-0.25, -0.2) is 0 Å². The van der Waals surface area contributed by atoms with Crippen molar-refractivity contribution >= 4 is 38.6 Å². The molecule has 0 aliphatic heterocycles. The van der Waals surface area contributed by atoms with E-state index >= 15 is 0 Å². The van der Waals surface area contributed by atoms with E-state index in [1.165, 1.54) is 10.1 Å². The van der Waals surface area contributed by atoms with Gasteiger partial charge in [-0.1, -0.05) is 0 Å². The van der Waals surface area contributed by atoms with Crippen LogP contribution in [-0.2, 0) is 0 Å². The quantitative estimate of drug-likeness (QED) is 0.749. The number of nitrogens with two attached hydrogens (primary N) is 1. The zero-order valence-electron chi connectivity index (χ0n) is 12.0. The van der Waals surface area contributed by atoms with E-state index in [4.69, 9.17) is 10.5 Å². The third kappa shape index (κ3) is 3.08. The van der Waals surface area contributed by atoms with Crippen LogP contribution in [0.15, 0.2) is 41.8 Å². The van der Waals surface area contributed by atoms with Crippen molar-refractivity contribution in [1.29, 1.82) is 0 Å². The Balaban J connectivity index is 1.86. The van der Waals surface area contributed by atoms with Gasteiger partial charge in [-0.3, -0.25) is 0 Å². The number of fused-ring (bicyclic) bond motifs is 1. The van der Waals surface area contributed by atoms with E-state index in [1.807, 2.05) is 26.0 Å². The van der Waals surface area contributed by atoms with Crippen LogP contribution in [0.2, 0.25) is 0 Å². The van der Waals surface area contributed by atoms with E-state index in [9.17, 15) is 0 Å². The molecule has 0 atom stereocenters. The van der Waals surface area contributed by atoms with E-state index in [0.717, 1.165) is 11.5 Å². The molecule has 5 heteroatoms. The van der Waals surface area contributed by atoms with Crippen molar-refractivity contribution < 1.29 is 4.74 Å². The SMILES string of the molecule is CC(C)Oc1nc(Nc2ccc3sccc3c2)ccc1N. The number of pyridine rings is 1. The standard InChI is InChI=1S/C16H17N3OS/c1-10(2)20-16-13(17)4-6-15(19-16)18-12-3-5-14-11(9-12)7-8-21-14/h3-10H,17H2,1-2H3,(H,18,19). The number of nitrogens with one attached hydrogen (secondary N) is 1. The number of benzene rings is 1. The lowest BCUT2D eigenvalue weighted by Crippen LogP contribution is -2.09. The number of thiophene rings is 1. The normalized spacial score (nSPS) is 11.0. The van der Waals surface area contributed by atoms with E-state index in [-0.39, 0.29) is 6.10 Å². The molecule has 0 aliphatic carbocycles. The Bertz CT molecular complexity index is 767. The minimum atomic E-state index is 0.0391. The topological polar surface area (TPSA) is 60.2 Å². The summed E-state index contributed by atoms with van der Waals surface area (Å²) in [7, 11) is 0. The number of rotatable bonds is 4. The van der Waals surface area contributed by atoms with E-state index in [2.05, 4.69) is 33.9 Å². The number of hydrogen-bond donors (Lipinski definition) is 2. The lowest BCUT2D eigenvalue weighted by molar-refractivity contribution is 0.234. The predicted molar refractivity (Wildman–Crippen MR) is 89.5 cm³/mol. The maximum absolute atomic E-state index is 5.88. The molecule has 0 amide bonds. The number of hydrogen-bond acceptors (Lipinski definition) is 5. The molecule has 0 bridgehead atoms. The van der Waals surface area contributed by atoms with Crippen LogP contribution in [0.1, 0.15) is 13.8 Å².